The second-order valence-corrected chi connectivity index (χ2v) is 10.0. The molecule has 1 fully saturated rings. The predicted molar refractivity (Wildman–Crippen MR) is 148 cm³/mol. The van der Waals surface area contributed by atoms with Crippen LogP contribution in [-0.2, 0) is 31.4 Å². The topological polar surface area (TPSA) is 114 Å². The number of hydrogen-bond donors (Lipinski definition) is 1. The van der Waals surface area contributed by atoms with Gasteiger partial charge in [0.2, 0.25) is 5.88 Å². The maximum Gasteiger partial charge on any atom is 0.335 e. The first-order chi connectivity index (χ1) is 20.3. The van der Waals surface area contributed by atoms with Crippen LogP contribution in [0.3, 0.4) is 0 Å². The first kappa shape index (κ1) is 27.3. The Hall–Kier alpha value is -4.84. The van der Waals surface area contributed by atoms with Crippen molar-refractivity contribution < 1.29 is 32.9 Å². The molecule has 3 aromatic heterocycles. The molecule has 10 nitrogen and oxygen atoms in total. The van der Waals surface area contributed by atoms with Crippen LogP contribution >= 0.6 is 0 Å². The summed E-state index contributed by atoms with van der Waals surface area (Å²) in [5.41, 5.74) is 1.98. The molecule has 0 spiro atoms. The number of carboxylic acid groups (broad SMARTS) is 1. The van der Waals surface area contributed by atoms with Crippen LogP contribution in [0.2, 0.25) is 0 Å². The number of aryl methyl sites for hydroxylation is 1. The van der Waals surface area contributed by atoms with Gasteiger partial charge in [0, 0.05) is 37.9 Å². The van der Waals surface area contributed by atoms with E-state index in [4.69, 9.17) is 14.2 Å². The molecule has 6 rings (SSSR count). The van der Waals surface area contributed by atoms with Crippen molar-refractivity contribution in [2.45, 2.75) is 32.1 Å². The normalized spacial score (nSPS) is 14.6. The van der Waals surface area contributed by atoms with Gasteiger partial charge in [-0.25, -0.2) is 23.5 Å². The highest BCUT2D eigenvalue weighted by Gasteiger charge is 2.25. The lowest BCUT2D eigenvalue weighted by Gasteiger charge is -2.27. The summed E-state index contributed by atoms with van der Waals surface area (Å²) < 4.78 is 51.1. The molecule has 0 saturated carbocycles. The summed E-state index contributed by atoms with van der Waals surface area (Å²) in [4.78, 5) is 20.8. The highest BCUT2D eigenvalue weighted by molar-refractivity contribution is 5.95. The molecule has 0 amide bonds. The third-order valence-corrected chi connectivity index (χ3v) is 7.17. The second-order valence-electron chi connectivity index (χ2n) is 10.0. The third kappa shape index (κ3) is 5.40. The Morgan fingerprint density at radius 3 is 2.67 bits per heavy atom. The molecule has 1 aliphatic rings. The molecule has 216 valence electrons. The second kappa shape index (κ2) is 11.2. The number of methoxy groups -OCH3 is 1. The maximum atomic E-state index is 15.5. The third-order valence-electron chi connectivity index (χ3n) is 7.17. The van der Waals surface area contributed by atoms with Crippen molar-refractivity contribution in [3.63, 3.8) is 0 Å². The molecule has 1 N–H and O–H groups in total. The first-order valence-corrected chi connectivity index (χ1v) is 13.3. The standard InChI is InChI=1S/C30H27F2N5O5/c1-36-8-6-19(35-36)16-42-28-5-3-4-24(33-28)21-14-22(31)17(10-23(21)32)13-27-34-29-25(37(27)15-20-7-9-41-20)11-18(30(38)39)12-26(29)40-2/h3-6,8,10-12,14,20H,7,9,13,15-16H2,1-2H3,(H,38,39). The Bertz CT molecular complexity index is 1800. The highest BCUT2D eigenvalue weighted by atomic mass is 19.1. The van der Waals surface area contributed by atoms with E-state index in [1.54, 1.807) is 40.7 Å². The number of carboxylic acids is 1. The minimum absolute atomic E-state index is 0.0105. The van der Waals surface area contributed by atoms with E-state index < -0.39 is 17.6 Å². The molecule has 5 aromatic rings. The van der Waals surface area contributed by atoms with Crippen LogP contribution in [0.25, 0.3) is 22.3 Å². The molecule has 12 heteroatoms. The van der Waals surface area contributed by atoms with E-state index in [-0.39, 0.29) is 53.1 Å². The van der Waals surface area contributed by atoms with Crippen molar-refractivity contribution in [3.05, 3.63) is 89.0 Å². The molecule has 0 aliphatic carbocycles. The Kier molecular flexibility index (Phi) is 7.29. The lowest BCUT2D eigenvalue weighted by atomic mass is 10.0. The lowest BCUT2D eigenvalue weighted by molar-refractivity contribution is -0.0589. The van der Waals surface area contributed by atoms with Crippen molar-refractivity contribution in [2.24, 2.45) is 7.05 Å². The van der Waals surface area contributed by atoms with Gasteiger partial charge in [-0.2, -0.15) is 5.10 Å². The minimum Gasteiger partial charge on any atom is -0.494 e. The Morgan fingerprint density at radius 2 is 1.98 bits per heavy atom. The average Bonchev–Trinajstić information content (AvgIpc) is 3.53. The number of aromatic carboxylic acids is 1. The van der Waals surface area contributed by atoms with Crippen LogP contribution in [0.15, 0.2) is 54.7 Å². The Morgan fingerprint density at radius 1 is 1.14 bits per heavy atom. The van der Waals surface area contributed by atoms with E-state index in [1.807, 2.05) is 6.07 Å². The SMILES string of the molecule is COc1cc(C(=O)O)cc2c1nc(Cc1cc(F)c(-c3cccc(OCc4ccn(C)n4)n3)cc1F)n2CC1CCO1. The molecule has 2 aromatic carbocycles. The predicted octanol–water partition coefficient (Wildman–Crippen LogP) is 4.78. The molecule has 0 radical (unpaired) electrons. The monoisotopic (exact) mass is 575 g/mol. The van der Waals surface area contributed by atoms with Crippen LogP contribution in [0, 0.1) is 11.6 Å². The number of ether oxygens (including phenoxy) is 3. The number of nitrogens with zero attached hydrogens (tertiary/aromatic N) is 5. The maximum absolute atomic E-state index is 15.5. The van der Waals surface area contributed by atoms with Crippen molar-refractivity contribution in [1.29, 1.82) is 0 Å². The van der Waals surface area contributed by atoms with E-state index >= 15 is 8.78 Å². The molecule has 42 heavy (non-hydrogen) atoms. The molecule has 0 bridgehead atoms. The number of rotatable bonds is 10. The van der Waals surface area contributed by atoms with Crippen LogP contribution in [0.1, 0.15) is 33.9 Å². The van der Waals surface area contributed by atoms with E-state index in [1.165, 1.54) is 19.2 Å². The minimum atomic E-state index is -1.12. The van der Waals surface area contributed by atoms with E-state index in [9.17, 15) is 9.90 Å². The summed E-state index contributed by atoms with van der Waals surface area (Å²) >= 11 is 0. The van der Waals surface area contributed by atoms with E-state index in [0.717, 1.165) is 18.6 Å². The van der Waals surface area contributed by atoms with Gasteiger partial charge in [-0.05, 0) is 48.4 Å². The van der Waals surface area contributed by atoms with Crippen LogP contribution in [0.5, 0.6) is 11.6 Å². The molecule has 1 atom stereocenters. The first-order valence-electron chi connectivity index (χ1n) is 13.3. The zero-order valence-electron chi connectivity index (χ0n) is 22.9. The summed E-state index contributed by atoms with van der Waals surface area (Å²) in [7, 11) is 3.22. The smallest absolute Gasteiger partial charge is 0.335 e. The number of benzene rings is 2. The van der Waals surface area contributed by atoms with E-state index in [0.29, 0.717) is 35.7 Å². The Balaban J connectivity index is 1.31. The molecule has 1 unspecified atom stereocenters. The van der Waals surface area contributed by atoms with Gasteiger partial charge in [0.1, 0.15) is 35.3 Å². The largest absolute Gasteiger partial charge is 0.494 e. The fourth-order valence-corrected chi connectivity index (χ4v) is 4.91. The molecule has 1 saturated heterocycles. The summed E-state index contributed by atoms with van der Waals surface area (Å²) in [6, 6.07) is 11.8. The van der Waals surface area contributed by atoms with Gasteiger partial charge in [-0.15, -0.1) is 0 Å². The Labute approximate surface area is 239 Å². The number of hydrogen-bond acceptors (Lipinski definition) is 7. The van der Waals surface area contributed by atoms with Gasteiger partial charge in [-0.1, -0.05) is 6.07 Å². The number of imidazole rings is 1. The molecular formula is C30H27F2N5O5. The van der Waals surface area contributed by atoms with Gasteiger partial charge < -0.3 is 23.9 Å². The van der Waals surface area contributed by atoms with Crippen molar-refractivity contribution in [2.75, 3.05) is 13.7 Å². The van der Waals surface area contributed by atoms with Crippen molar-refractivity contribution in [1.82, 2.24) is 24.3 Å². The fraction of sp³-hybridized carbons (Fsp3) is 0.267. The number of halogens is 2. The van der Waals surface area contributed by atoms with Gasteiger partial charge in [0.05, 0.1) is 42.2 Å². The number of fused-ring (bicyclic) bond motifs is 1. The number of pyridine rings is 1. The molecular weight excluding hydrogens is 548 g/mol. The molecule has 4 heterocycles. The van der Waals surface area contributed by atoms with Crippen LogP contribution in [-0.4, -0.2) is 55.2 Å². The summed E-state index contributed by atoms with van der Waals surface area (Å²) in [5, 5.41) is 13.9. The molecule has 1 aliphatic heterocycles. The summed E-state index contributed by atoms with van der Waals surface area (Å²) in [6.45, 7) is 1.19. The number of aromatic nitrogens is 5. The highest BCUT2D eigenvalue weighted by Crippen LogP contribution is 2.32. The van der Waals surface area contributed by atoms with Crippen LogP contribution in [0.4, 0.5) is 8.78 Å². The fourth-order valence-electron chi connectivity index (χ4n) is 4.91. The lowest BCUT2D eigenvalue weighted by Crippen LogP contribution is -2.31. The van der Waals surface area contributed by atoms with Crippen molar-refractivity contribution >= 4 is 17.0 Å². The van der Waals surface area contributed by atoms with Crippen LogP contribution < -0.4 is 9.47 Å². The summed E-state index contributed by atoms with van der Waals surface area (Å²) in [5.74, 6) is -1.45. The zero-order chi connectivity index (χ0) is 29.4. The quantitative estimate of drug-likeness (QED) is 0.253. The summed E-state index contributed by atoms with van der Waals surface area (Å²) in [6.07, 6.45) is 2.48. The zero-order valence-corrected chi connectivity index (χ0v) is 22.9. The van der Waals surface area contributed by atoms with E-state index in [2.05, 4.69) is 15.1 Å². The van der Waals surface area contributed by atoms with Gasteiger partial charge in [0.25, 0.3) is 0 Å². The average molecular weight is 576 g/mol. The van der Waals surface area contributed by atoms with Gasteiger partial charge >= 0.3 is 5.97 Å². The van der Waals surface area contributed by atoms with Gasteiger partial charge in [0.15, 0.2) is 0 Å². The number of carbonyl (C=O) groups is 1. The van der Waals surface area contributed by atoms with Gasteiger partial charge in [-0.3, -0.25) is 4.68 Å². The van der Waals surface area contributed by atoms with Crippen molar-refractivity contribution in [3.8, 4) is 22.9 Å².